The summed E-state index contributed by atoms with van der Waals surface area (Å²) >= 11 is 5.78. The molecule has 106 valence electrons. The minimum atomic E-state index is -0.477. The van der Waals surface area contributed by atoms with E-state index in [4.69, 9.17) is 17.3 Å². The smallest absolute Gasteiger partial charge is 0.143 e. The molecule has 0 spiro atoms. The van der Waals surface area contributed by atoms with Gasteiger partial charge in [-0.05, 0) is 44.5 Å². The zero-order valence-corrected chi connectivity index (χ0v) is 12.2. The molecule has 1 aliphatic heterocycles. The third-order valence-corrected chi connectivity index (χ3v) is 4.28. The van der Waals surface area contributed by atoms with Crippen LogP contribution in [0, 0.1) is 11.2 Å². The SMILES string of the molecule is CN1CCC(C)(CNc2cc(Cl)c(F)cc2N)CC1. The standard InChI is InChI=1S/C14H21ClFN3/c1-14(3-5-19(2)6-4-14)9-18-13-7-10(15)11(16)8-12(13)17/h7-8,18H,3-6,9,17H2,1-2H3. The highest BCUT2D eigenvalue weighted by atomic mass is 35.5. The molecule has 1 saturated heterocycles. The molecule has 0 aliphatic carbocycles. The Morgan fingerprint density at radius 3 is 2.68 bits per heavy atom. The van der Waals surface area contributed by atoms with Crippen LogP contribution in [0.4, 0.5) is 15.8 Å². The van der Waals surface area contributed by atoms with Crippen molar-refractivity contribution in [2.75, 3.05) is 37.7 Å². The van der Waals surface area contributed by atoms with Gasteiger partial charge in [0.2, 0.25) is 0 Å². The summed E-state index contributed by atoms with van der Waals surface area (Å²) in [5, 5.41) is 3.41. The average molecular weight is 286 g/mol. The molecule has 1 aromatic carbocycles. The first kappa shape index (κ1) is 14.4. The molecule has 1 aliphatic rings. The minimum absolute atomic E-state index is 0.102. The van der Waals surface area contributed by atoms with Crippen molar-refractivity contribution in [3.63, 3.8) is 0 Å². The van der Waals surface area contributed by atoms with Gasteiger partial charge in [0.05, 0.1) is 16.4 Å². The number of nitrogens with zero attached hydrogens (tertiary/aromatic N) is 1. The number of hydrogen-bond acceptors (Lipinski definition) is 3. The average Bonchev–Trinajstić information content (AvgIpc) is 2.36. The Bertz CT molecular complexity index is 456. The van der Waals surface area contributed by atoms with Crippen LogP contribution in [0.5, 0.6) is 0 Å². The summed E-state index contributed by atoms with van der Waals surface area (Å²) in [4.78, 5) is 2.34. The minimum Gasteiger partial charge on any atom is -0.397 e. The molecule has 0 radical (unpaired) electrons. The van der Waals surface area contributed by atoms with Gasteiger partial charge in [-0.3, -0.25) is 0 Å². The molecular formula is C14H21ClFN3. The Kier molecular flexibility index (Phi) is 4.21. The number of halogens is 2. The molecule has 1 aromatic rings. The van der Waals surface area contributed by atoms with E-state index in [1.807, 2.05) is 0 Å². The molecule has 0 unspecified atom stereocenters. The summed E-state index contributed by atoms with van der Waals surface area (Å²) < 4.78 is 13.2. The molecule has 0 amide bonds. The Morgan fingerprint density at radius 1 is 1.42 bits per heavy atom. The number of rotatable bonds is 3. The van der Waals surface area contributed by atoms with E-state index >= 15 is 0 Å². The second-order valence-corrected chi connectivity index (χ2v) is 6.23. The predicted octanol–water partition coefficient (Wildman–Crippen LogP) is 3.21. The second kappa shape index (κ2) is 5.55. The molecule has 19 heavy (non-hydrogen) atoms. The number of likely N-dealkylation sites (tertiary alicyclic amines) is 1. The number of benzene rings is 1. The molecule has 0 saturated carbocycles. The molecule has 1 heterocycles. The number of piperidine rings is 1. The van der Waals surface area contributed by atoms with E-state index < -0.39 is 5.82 Å². The topological polar surface area (TPSA) is 41.3 Å². The van der Waals surface area contributed by atoms with Gasteiger partial charge in [-0.1, -0.05) is 18.5 Å². The van der Waals surface area contributed by atoms with Gasteiger partial charge < -0.3 is 16.0 Å². The fourth-order valence-electron chi connectivity index (χ4n) is 2.36. The Hall–Kier alpha value is -1.00. The Morgan fingerprint density at radius 2 is 2.05 bits per heavy atom. The van der Waals surface area contributed by atoms with Crippen LogP contribution in [0.15, 0.2) is 12.1 Å². The fraction of sp³-hybridized carbons (Fsp3) is 0.571. The van der Waals surface area contributed by atoms with Crippen LogP contribution in [0.3, 0.4) is 0 Å². The summed E-state index contributed by atoms with van der Waals surface area (Å²) in [6.45, 7) is 5.32. The van der Waals surface area contributed by atoms with Gasteiger partial charge in [0.25, 0.3) is 0 Å². The number of anilines is 2. The maximum atomic E-state index is 13.2. The van der Waals surface area contributed by atoms with Crippen molar-refractivity contribution >= 4 is 23.0 Å². The maximum absolute atomic E-state index is 13.2. The van der Waals surface area contributed by atoms with E-state index in [0.717, 1.165) is 32.5 Å². The normalized spacial score (nSPS) is 19.4. The van der Waals surface area contributed by atoms with Crippen molar-refractivity contribution < 1.29 is 4.39 Å². The van der Waals surface area contributed by atoms with Crippen molar-refractivity contribution in [3.05, 3.63) is 23.0 Å². The third kappa shape index (κ3) is 3.51. The van der Waals surface area contributed by atoms with Crippen molar-refractivity contribution in [2.24, 2.45) is 5.41 Å². The first-order valence-corrected chi connectivity index (χ1v) is 6.94. The molecule has 5 heteroatoms. The van der Waals surface area contributed by atoms with Crippen LogP contribution in [0.1, 0.15) is 19.8 Å². The van der Waals surface area contributed by atoms with E-state index in [1.165, 1.54) is 6.07 Å². The number of nitrogens with two attached hydrogens (primary N) is 1. The Labute approximate surface area is 118 Å². The zero-order valence-electron chi connectivity index (χ0n) is 11.5. The van der Waals surface area contributed by atoms with E-state index in [2.05, 4.69) is 24.2 Å². The lowest BCUT2D eigenvalue weighted by Crippen LogP contribution is -2.40. The van der Waals surface area contributed by atoms with Crippen molar-refractivity contribution in [3.8, 4) is 0 Å². The van der Waals surface area contributed by atoms with Crippen molar-refractivity contribution in [2.45, 2.75) is 19.8 Å². The fourth-order valence-corrected chi connectivity index (χ4v) is 2.52. The summed E-state index contributed by atoms with van der Waals surface area (Å²) in [5.74, 6) is -0.477. The highest BCUT2D eigenvalue weighted by molar-refractivity contribution is 6.31. The number of nitrogen functional groups attached to an aromatic ring is 1. The van der Waals surface area contributed by atoms with Gasteiger partial charge in [-0.25, -0.2) is 4.39 Å². The first-order chi connectivity index (χ1) is 8.89. The molecule has 3 N–H and O–H groups in total. The summed E-state index contributed by atoms with van der Waals surface area (Å²) in [7, 11) is 2.14. The van der Waals surface area contributed by atoms with E-state index in [-0.39, 0.29) is 10.4 Å². The predicted molar refractivity (Wildman–Crippen MR) is 79.2 cm³/mol. The number of nitrogens with one attached hydrogen (secondary N) is 1. The summed E-state index contributed by atoms with van der Waals surface area (Å²) in [6.07, 6.45) is 2.29. The van der Waals surface area contributed by atoms with Crippen LogP contribution < -0.4 is 11.1 Å². The third-order valence-electron chi connectivity index (χ3n) is 3.99. The monoisotopic (exact) mass is 285 g/mol. The maximum Gasteiger partial charge on any atom is 0.143 e. The van der Waals surface area contributed by atoms with Crippen LogP contribution in [-0.4, -0.2) is 31.6 Å². The van der Waals surface area contributed by atoms with E-state index in [1.54, 1.807) is 6.07 Å². The van der Waals surface area contributed by atoms with Gasteiger partial charge in [-0.2, -0.15) is 0 Å². The van der Waals surface area contributed by atoms with Gasteiger partial charge in [0.15, 0.2) is 0 Å². The number of hydrogen-bond donors (Lipinski definition) is 2. The largest absolute Gasteiger partial charge is 0.397 e. The summed E-state index contributed by atoms with van der Waals surface area (Å²) in [5.41, 5.74) is 7.17. The Balaban J connectivity index is 2.01. The van der Waals surface area contributed by atoms with Crippen LogP contribution in [-0.2, 0) is 0 Å². The van der Waals surface area contributed by atoms with Gasteiger partial charge in [0, 0.05) is 12.6 Å². The quantitative estimate of drug-likeness (QED) is 0.838. The first-order valence-electron chi connectivity index (χ1n) is 6.57. The molecule has 2 rings (SSSR count). The van der Waals surface area contributed by atoms with E-state index in [9.17, 15) is 4.39 Å². The van der Waals surface area contributed by atoms with Crippen LogP contribution in [0.25, 0.3) is 0 Å². The van der Waals surface area contributed by atoms with Crippen molar-refractivity contribution in [1.82, 2.24) is 4.90 Å². The molecule has 3 nitrogen and oxygen atoms in total. The second-order valence-electron chi connectivity index (χ2n) is 5.82. The van der Waals surface area contributed by atoms with Gasteiger partial charge >= 0.3 is 0 Å². The van der Waals surface area contributed by atoms with Crippen LogP contribution >= 0.6 is 11.6 Å². The van der Waals surface area contributed by atoms with E-state index in [0.29, 0.717) is 11.4 Å². The molecule has 0 atom stereocenters. The van der Waals surface area contributed by atoms with Crippen LogP contribution in [0.2, 0.25) is 5.02 Å². The van der Waals surface area contributed by atoms with Gasteiger partial charge in [0.1, 0.15) is 5.82 Å². The highest BCUT2D eigenvalue weighted by Gasteiger charge is 2.28. The molecule has 1 fully saturated rings. The molecule has 0 bridgehead atoms. The molecular weight excluding hydrogens is 265 g/mol. The lowest BCUT2D eigenvalue weighted by Gasteiger charge is -2.38. The summed E-state index contributed by atoms with van der Waals surface area (Å²) in [6, 6.07) is 2.83. The lowest BCUT2D eigenvalue weighted by molar-refractivity contribution is 0.150. The zero-order chi connectivity index (χ0) is 14.0. The van der Waals surface area contributed by atoms with Gasteiger partial charge in [-0.15, -0.1) is 0 Å². The molecule has 0 aromatic heterocycles. The lowest BCUT2D eigenvalue weighted by atomic mass is 9.80. The highest BCUT2D eigenvalue weighted by Crippen LogP contribution is 2.32. The van der Waals surface area contributed by atoms with Crippen molar-refractivity contribution in [1.29, 1.82) is 0 Å².